The SMILES string of the molecule is Cc1ncncc1Nc1ccc2c(c1)CCC1=C3C[C@@H](O)C[C@]3(C)CC[C@]12C. The second-order valence-electron chi connectivity index (χ2n) is 9.43. The molecule has 1 fully saturated rings. The largest absolute Gasteiger partial charge is 0.393 e. The summed E-state index contributed by atoms with van der Waals surface area (Å²) in [6.45, 7) is 6.80. The zero-order valence-corrected chi connectivity index (χ0v) is 17.0. The van der Waals surface area contributed by atoms with Crippen LogP contribution >= 0.6 is 0 Å². The van der Waals surface area contributed by atoms with Crippen LogP contribution in [0.1, 0.15) is 62.8 Å². The van der Waals surface area contributed by atoms with Crippen molar-refractivity contribution in [2.45, 2.75) is 70.8 Å². The molecule has 4 heteroatoms. The number of nitrogens with zero attached hydrogens (tertiary/aromatic N) is 2. The topological polar surface area (TPSA) is 58.0 Å². The number of fused-ring (bicyclic) bond motifs is 4. The molecular weight excluding hydrogens is 346 g/mol. The van der Waals surface area contributed by atoms with Gasteiger partial charge in [0.15, 0.2) is 0 Å². The molecule has 0 radical (unpaired) electrons. The zero-order valence-electron chi connectivity index (χ0n) is 17.0. The summed E-state index contributed by atoms with van der Waals surface area (Å²) in [7, 11) is 0. The molecule has 3 atom stereocenters. The molecule has 0 amide bonds. The van der Waals surface area contributed by atoms with Crippen LogP contribution in [-0.4, -0.2) is 21.2 Å². The lowest BCUT2D eigenvalue weighted by atomic mass is 9.56. The lowest BCUT2D eigenvalue weighted by molar-refractivity contribution is 0.157. The summed E-state index contributed by atoms with van der Waals surface area (Å²) in [5.74, 6) is 0. The van der Waals surface area contributed by atoms with E-state index in [-0.39, 0.29) is 16.9 Å². The van der Waals surface area contributed by atoms with Crippen LogP contribution in [0.3, 0.4) is 0 Å². The maximum absolute atomic E-state index is 10.3. The molecule has 146 valence electrons. The normalized spacial score (nSPS) is 31.2. The Morgan fingerprint density at radius 2 is 2.00 bits per heavy atom. The van der Waals surface area contributed by atoms with Gasteiger partial charge in [0, 0.05) is 11.1 Å². The standard InChI is InChI=1S/C24H29N3O/c1-15-22(13-25-14-26-15)27-17-5-7-19-16(10-17)4-6-20-21-11-18(28)12-23(21,2)8-9-24(19,20)3/h5,7,10,13-14,18,27-28H,4,6,8-9,11-12H2,1-3H3/t18-,23+,24+/m1/s1. The fraction of sp³-hybridized carbons (Fsp3) is 0.500. The van der Waals surface area contributed by atoms with Crippen LogP contribution in [0.2, 0.25) is 0 Å². The van der Waals surface area contributed by atoms with E-state index >= 15 is 0 Å². The number of aromatic nitrogens is 2. The number of aryl methyl sites for hydroxylation is 2. The molecule has 2 N–H and O–H groups in total. The van der Waals surface area contributed by atoms with Gasteiger partial charge in [-0.2, -0.15) is 0 Å². The Bertz CT molecular complexity index is 982. The molecule has 1 saturated carbocycles. The van der Waals surface area contributed by atoms with Crippen molar-refractivity contribution < 1.29 is 5.11 Å². The number of anilines is 2. The zero-order chi connectivity index (χ0) is 19.5. The molecule has 4 nitrogen and oxygen atoms in total. The molecule has 0 aliphatic heterocycles. The molecule has 0 bridgehead atoms. The van der Waals surface area contributed by atoms with Crippen LogP contribution < -0.4 is 5.32 Å². The van der Waals surface area contributed by atoms with Crippen molar-refractivity contribution in [3.8, 4) is 0 Å². The number of nitrogens with one attached hydrogen (secondary N) is 1. The monoisotopic (exact) mass is 375 g/mol. The Labute approximate surface area is 167 Å². The Hall–Kier alpha value is -2.20. The van der Waals surface area contributed by atoms with E-state index in [1.54, 1.807) is 17.5 Å². The minimum absolute atomic E-state index is 0.122. The van der Waals surface area contributed by atoms with Crippen LogP contribution in [0, 0.1) is 12.3 Å². The predicted molar refractivity (Wildman–Crippen MR) is 112 cm³/mol. The fourth-order valence-corrected chi connectivity index (χ4v) is 6.02. The van der Waals surface area contributed by atoms with Gasteiger partial charge in [0.1, 0.15) is 6.33 Å². The first-order chi connectivity index (χ1) is 13.4. The van der Waals surface area contributed by atoms with E-state index in [0.29, 0.717) is 0 Å². The molecule has 1 aromatic carbocycles. The fourth-order valence-electron chi connectivity index (χ4n) is 6.02. The van der Waals surface area contributed by atoms with Crippen LogP contribution in [0.5, 0.6) is 0 Å². The van der Waals surface area contributed by atoms with E-state index in [2.05, 4.69) is 47.3 Å². The highest BCUT2D eigenvalue weighted by atomic mass is 16.3. The van der Waals surface area contributed by atoms with Crippen LogP contribution in [-0.2, 0) is 11.8 Å². The van der Waals surface area contributed by atoms with E-state index in [0.717, 1.165) is 42.8 Å². The Balaban J connectivity index is 1.52. The molecule has 3 aliphatic rings. The Kier molecular flexibility index (Phi) is 3.92. The summed E-state index contributed by atoms with van der Waals surface area (Å²) in [5.41, 5.74) is 9.49. The number of benzene rings is 1. The van der Waals surface area contributed by atoms with E-state index in [9.17, 15) is 5.11 Å². The molecule has 3 aliphatic carbocycles. The average molecular weight is 376 g/mol. The van der Waals surface area contributed by atoms with E-state index in [1.807, 2.05) is 13.1 Å². The van der Waals surface area contributed by atoms with Gasteiger partial charge < -0.3 is 10.4 Å². The summed E-state index contributed by atoms with van der Waals surface area (Å²) >= 11 is 0. The molecular formula is C24H29N3O. The van der Waals surface area contributed by atoms with Crippen LogP contribution in [0.15, 0.2) is 41.9 Å². The first-order valence-corrected chi connectivity index (χ1v) is 10.5. The van der Waals surface area contributed by atoms with Gasteiger partial charge in [-0.1, -0.05) is 31.1 Å². The summed E-state index contributed by atoms with van der Waals surface area (Å²) < 4.78 is 0. The molecule has 0 saturated heterocycles. The average Bonchev–Trinajstić information content (AvgIpc) is 2.97. The maximum atomic E-state index is 10.3. The van der Waals surface area contributed by atoms with E-state index < -0.39 is 0 Å². The van der Waals surface area contributed by atoms with Gasteiger partial charge in [-0.3, -0.25) is 0 Å². The first-order valence-electron chi connectivity index (χ1n) is 10.5. The number of rotatable bonds is 2. The summed E-state index contributed by atoms with van der Waals surface area (Å²) in [5, 5.41) is 13.8. The number of hydrogen-bond donors (Lipinski definition) is 2. The molecule has 1 aromatic heterocycles. The number of hydrogen-bond acceptors (Lipinski definition) is 4. The van der Waals surface area contributed by atoms with Crippen molar-refractivity contribution in [2.24, 2.45) is 5.41 Å². The van der Waals surface area contributed by atoms with E-state index in [4.69, 9.17) is 0 Å². The lowest BCUT2D eigenvalue weighted by Gasteiger charge is -2.48. The van der Waals surface area contributed by atoms with Gasteiger partial charge in [-0.15, -0.1) is 0 Å². The summed E-state index contributed by atoms with van der Waals surface area (Å²) in [6, 6.07) is 6.83. The van der Waals surface area contributed by atoms with Crippen molar-refractivity contribution in [3.05, 3.63) is 58.7 Å². The van der Waals surface area contributed by atoms with Crippen molar-refractivity contribution in [3.63, 3.8) is 0 Å². The Morgan fingerprint density at radius 3 is 2.82 bits per heavy atom. The molecule has 5 rings (SSSR count). The van der Waals surface area contributed by atoms with Crippen molar-refractivity contribution >= 4 is 11.4 Å². The number of aliphatic hydroxyl groups is 1. The lowest BCUT2D eigenvalue weighted by Crippen LogP contribution is -2.38. The van der Waals surface area contributed by atoms with E-state index in [1.165, 1.54) is 24.0 Å². The molecule has 2 aromatic rings. The van der Waals surface area contributed by atoms with Gasteiger partial charge in [0.2, 0.25) is 0 Å². The molecule has 1 heterocycles. The van der Waals surface area contributed by atoms with Crippen molar-refractivity contribution in [1.82, 2.24) is 9.97 Å². The second-order valence-corrected chi connectivity index (χ2v) is 9.43. The summed E-state index contributed by atoms with van der Waals surface area (Å²) in [6.07, 6.45) is 9.64. The van der Waals surface area contributed by atoms with Gasteiger partial charge >= 0.3 is 0 Å². The second kappa shape index (κ2) is 6.15. The van der Waals surface area contributed by atoms with Crippen LogP contribution in [0.25, 0.3) is 0 Å². The predicted octanol–water partition coefficient (Wildman–Crippen LogP) is 4.98. The van der Waals surface area contributed by atoms with Crippen LogP contribution in [0.4, 0.5) is 11.4 Å². The number of allylic oxidation sites excluding steroid dienone is 1. The Morgan fingerprint density at radius 1 is 1.14 bits per heavy atom. The summed E-state index contributed by atoms with van der Waals surface area (Å²) in [4.78, 5) is 8.41. The van der Waals surface area contributed by atoms with Gasteiger partial charge in [0.05, 0.1) is 23.7 Å². The highest BCUT2D eigenvalue weighted by Gasteiger charge is 2.50. The number of aliphatic hydroxyl groups excluding tert-OH is 1. The minimum Gasteiger partial charge on any atom is -0.393 e. The third-order valence-corrected chi connectivity index (χ3v) is 7.60. The molecule has 0 spiro atoms. The smallest absolute Gasteiger partial charge is 0.115 e. The highest BCUT2D eigenvalue weighted by molar-refractivity contribution is 5.64. The first kappa shape index (κ1) is 17.9. The van der Waals surface area contributed by atoms with Gasteiger partial charge in [-0.05, 0) is 74.1 Å². The highest BCUT2D eigenvalue weighted by Crippen LogP contribution is 2.59. The molecule has 0 unspecified atom stereocenters. The van der Waals surface area contributed by atoms with Crippen molar-refractivity contribution in [1.29, 1.82) is 0 Å². The minimum atomic E-state index is -0.154. The quantitative estimate of drug-likeness (QED) is 0.727. The van der Waals surface area contributed by atoms with Gasteiger partial charge in [0.25, 0.3) is 0 Å². The van der Waals surface area contributed by atoms with Crippen molar-refractivity contribution in [2.75, 3.05) is 5.32 Å². The maximum Gasteiger partial charge on any atom is 0.115 e. The third-order valence-electron chi connectivity index (χ3n) is 7.60. The molecule has 28 heavy (non-hydrogen) atoms. The van der Waals surface area contributed by atoms with Gasteiger partial charge in [-0.25, -0.2) is 9.97 Å². The third kappa shape index (κ3) is 2.61.